The van der Waals surface area contributed by atoms with Gasteiger partial charge in [0.2, 0.25) is 0 Å². The summed E-state index contributed by atoms with van der Waals surface area (Å²) in [7, 11) is 0. The van der Waals surface area contributed by atoms with Gasteiger partial charge in [-0.1, -0.05) is 6.07 Å². The Labute approximate surface area is 85.4 Å². The third kappa shape index (κ3) is 1.26. The van der Waals surface area contributed by atoms with E-state index in [1.165, 1.54) is 0 Å². The topological polar surface area (TPSA) is 66.0 Å². The zero-order valence-electron chi connectivity index (χ0n) is 7.40. The van der Waals surface area contributed by atoms with Crippen molar-refractivity contribution in [1.29, 1.82) is 0 Å². The van der Waals surface area contributed by atoms with E-state index in [4.69, 9.17) is 5.11 Å². The average Bonchev–Trinajstić information content (AvgIpc) is 2.47. The second-order valence-electron chi connectivity index (χ2n) is 3.02. The van der Waals surface area contributed by atoms with E-state index in [2.05, 4.69) is 22.6 Å². The molecule has 0 amide bonds. The van der Waals surface area contributed by atoms with Crippen LogP contribution in [0.5, 0.6) is 0 Å². The maximum absolute atomic E-state index is 10.9. The molecule has 0 aliphatic rings. The quantitative estimate of drug-likeness (QED) is 0.627. The summed E-state index contributed by atoms with van der Waals surface area (Å²) in [6, 6.07) is 3.30. The molecule has 72 valence electrons. The molecule has 0 atom stereocenters. The number of hydrogen-bond acceptors (Lipinski definition) is 3. The highest BCUT2D eigenvalue weighted by molar-refractivity contribution is 7.80. The highest BCUT2D eigenvalue weighted by Crippen LogP contribution is 2.21. The lowest BCUT2D eigenvalue weighted by atomic mass is 10.1. The van der Waals surface area contributed by atoms with Gasteiger partial charge < -0.3 is 10.1 Å². The number of H-pyrrole nitrogens is 1. The van der Waals surface area contributed by atoms with Crippen LogP contribution in [0.2, 0.25) is 0 Å². The van der Waals surface area contributed by atoms with E-state index < -0.39 is 5.97 Å². The molecule has 0 saturated heterocycles. The van der Waals surface area contributed by atoms with E-state index in [1.54, 1.807) is 12.1 Å². The summed E-state index contributed by atoms with van der Waals surface area (Å²) in [5.41, 5.74) is 2.34. The Morgan fingerprint density at radius 1 is 1.57 bits per heavy atom. The van der Waals surface area contributed by atoms with Gasteiger partial charge in [0, 0.05) is 0 Å². The Morgan fingerprint density at radius 2 is 2.29 bits per heavy atom. The van der Waals surface area contributed by atoms with Crippen molar-refractivity contribution in [2.45, 2.75) is 12.1 Å². The lowest BCUT2D eigenvalue weighted by Crippen LogP contribution is -1.97. The van der Waals surface area contributed by atoms with Crippen LogP contribution in [-0.4, -0.2) is 21.0 Å². The zero-order chi connectivity index (χ0) is 10.3. The summed E-state index contributed by atoms with van der Waals surface area (Å²) >= 11 is 4.05. The first-order valence-electron chi connectivity index (χ1n) is 4.01. The molecule has 5 heteroatoms. The second kappa shape index (κ2) is 3.02. The van der Waals surface area contributed by atoms with Crippen molar-refractivity contribution in [3.05, 3.63) is 23.3 Å². The van der Waals surface area contributed by atoms with E-state index in [9.17, 15) is 4.79 Å². The number of carboxylic acids is 1. The number of nitrogens with zero attached hydrogens (tertiary/aromatic N) is 1. The van der Waals surface area contributed by atoms with Gasteiger partial charge in [0.1, 0.15) is 5.52 Å². The first-order chi connectivity index (χ1) is 6.59. The highest BCUT2D eigenvalue weighted by Gasteiger charge is 2.12. The summed E-state index contributed by atoms with van der Waals surface area (Å²) in [5.74, 6) is -0.977. The van der Waals surface area contributed by atoms with Gasteiger partial charge in [0.25, 0.3) is 0 Å². The number of nitrogens with one attached hydrogen (secondary N) is 1. The van der Waals surface area contributed by atoms with Gasteiger partial charge in [-0.25, -0.2) is 9.78 Å². The van der Waals surface area contributed by atoms with Gasteiger partial charge in [0.05, 0.1) is 11.1 Å². The maximum atomic E-state index is 10.9. The third-order valence-electron chi connectivity index (χ3n) is 2.07. The molecular weight excluding hydrogens is 200 g/mol. The normalized spacial score (nSPS) is 10.7. The number of aryl methyl sites for hydroxylation is 1. The number of thiol groups is 1. The summed E-state index contributed by atoms with van der Waals surface area (Å²) in [6.07, 6.45) is 0. The van der Waals surface area contributed by atoms with Crippen LogP contribution in [0.1, 0.15) is 15.9 Å². The Kier molecular flexibility index (Phi) is 1.96. The van der Waals surface area contributed by atoms with Gasteiger partial charge in [-0.05, 0) is 18.6 Å². The number of rotatable bonds is 1. The molecule has 4 nitrogen and oxygen atoms in total. The van der Waals surface area contributed by atoms with Crippen LogP contribution in [0, 0.1) is 6.92 Å². The third-order valence-corrected chi connectivity index (χ3v) is 2.28. The Morgan fingerprint density at radius 3 is 2.93 bits per heavy atom. The summed E-state index contributed by atoms with van der Waals surface area (Å²) < 4.78 is 0. The fourth-order valence-corrected chi connectivity index (χ4v) is 1.60. The molecule has 0 radical (unpaired) electrons. The fourth-order valence-electron chi connectivity index (χ4n) is 1.38. The summed E-state index contributed by atoms with van der Waals surface area (Å²) in [6.45, 7) is 1.89. The molecule has 0 saturated carbocycles. The number of aromatic carboxylic acids is 1. The molecule has 0 aliphatic carbocycles. The van der Waals surface area contributed by atoms with Crippen molar-refractivity contribution in [2.75, 3.05) is 0 Å². The van der Waals surface area contributed by atoms with E-state index in [0.29, 0.717) is 10.7 Å². The average molecular weight is 208 g/mol. The molecule has 1 heterocycles. The van der Waals surface area contributed by atoms with Crippen LogP contribution >= 0.6 is 12.6 Å². The standard InChI is InChI=1S/C9H8N2O2S/c1-4-2-3-5(8(12)13)7-6(4)10-9(14)11-7/h2-3H,1H3,(H,12,13)(H2,10,11,14). The smallest absolute Gasteiger partial charge is 0.337 e. The number of aromatic nitrogens is 2. The van der Waals surface area contributed by atoms with Gasteiger partial charge in [0.15, 0.2) is 5.16 Å². The Bertz CT molecular complexity index is 519. The molecule has 0 unspecified atom stereocenters. The number of fused-ring (bicyclic) bond motifs is 1. The van der Waals surface area contributed by atoms with Crippen molar-refractivity contribution in [2.24, 2.45) is 0 Å². The van der Waals surface area contributed by atoms with Crippen LogP contribution in [0.15, 0.2) is 17.3 Å². The number of benzene rings is 1. The Hall–Kier alpha value is -1.49. The SMILES string of the molecule is Cc1ccc(C(=O)O)c2nc(S)[nH]c12. The molecule has 2 N–H and O–H groups in total. The van der Waals surface area contributed by atoms with Crippen molar-refractivity contribution >= 4 is 29.6 Å². The zero-order valence-corrected chi connectivity index (χ0v) is 8.30. The van der Waals surface area contributed by atoms with Crippen LogP contribution in [0.25, 0.3) is 11.0 Å². The number of hydrogen-bond donors (Lipinski definition) is 3. The Balaban J connectivity index is 2.87. The van der Waals surface area contributed by atoms with E-state index in [-0.39, 0.29) is 5.56 Å². The molecular formula is C9H8N2O2S. The van der Waals surface area contributed by atoms with Gasteiger partial charge in [-0.2, -0.15) is 0 Å². The van der Waals surface area contributed by atoms with Crippen LogP contribution < -0.4 is 0 Å². The predicted molar refractivity (Wildman–Crippen MR) is 55.0 cm³/mol. The van der Waals surface area contributed by atoms with Crippen molar-refractivity contribution in [3.63, 3.8) is 0 Å². The molecule has 14 heavy (non-hydrogen) atoms. The minimum absolute atomic E-state index is 0.196. The molecule has 1 aromatic heterocycles. The number of carboxylic acid groups (broad SMARTS) is 1. The van der Waals surface area contributed by atoms with Crippen LogP contribution in [-0.2, 0) is 0 Å². The molecule has 0 fully saturated rings. The van der Waals surface area contributed by atoms with E-state index >= 15 is 0 Å². The lowest BCUT2D eigenvalue weighted by Gasteiger charge is -1.98. The fraction of sp³-hybridized carbons (Fsp3) is 0.111. The number of imidazole rings is 1. The monoisotopic (exact) mass is 208 g/mol. The summed E-state index contributed by atoms with van der Waals surface area (Å²) in [5, 5.41) is 9.33. The van der Waals surface area contributed by atoms with Gasteiger partial charge in [-0.15, -0.1) is 12.6 Å². The predicted octanol–water partition coefficient (Wildman–Crippen LogP) is 1.86. The molecule has 2 aromatic rings. The highest BCUT2D eigenvalue weighted by atomic mass is 32.1. The van der Waals surface area contributed by atoms with E-state index in [1.807, 2.05) is 6.92 Å². The van der Waals surface area contributed by atoms with Gasteiger partial charge >= 0.3 is 5.97 Å². The molecule has 2 rings (SSSR count). The lowest BCUT2D eigenvalue weighted by molar-refractivity contribution is 0.0699. The van der Waals surface area contributed by atoms with Crippen molar-refractivity contribution in [3.8, 4) is 0 Å². The minimum atomic E-state index is -0.977. The molecule has 1 aromatic carbocycles. The first kappa shape index (κ1) is 9.08. The number of aromatic amines is 1. The summed E-state index contributed by atoms with van der Waals surface area (Å²) in [4.78, 5) is 17.8. The molecule has 0 spiro atoms. The van der Waals surface area contributed by atoms with Crippen LogP contribution in [0.4, 0.5) is 0 Å². The number of carbonyl (C=O) groups is 1. The van der Waals surface area contributed by atoms with E-state index in [0.717, 1.165) is 11.1 Å². The molecule has 0 bridgehead atoms. The first-order valence-corrected chi connectivity index (χ1v) is 4.46. The van der Waals surface area contributed by atoms with Crippen molar-refractivity contribution < 1.29 is 9.90 Å². The minimum Gasteiger partial charge on any atom is -0.478 e. The maximum Gasteiger partial charge on any atom is 0.337 e. The largest absolute Gasteiger partial charge is 0.478 e. The molecule has 0 aliphatic heterocycles. The van der Waals surface area contributed by atoms with Crippen LogP contribution in [0.3, 0.4) is 0 Å². The van der Waals surface area contributed by atoms with Gasteiger partial charge in [-0.3, -0.25) is 0 Å². The van der Waals surface area contributed by atoms with Crippen molar-refractivity contribution in [1.82, 2.24) is 9.97 Å². The second-order valence-corrected chi connectivity index (χ2v) is 3.44.